The fraction of sp³-hybridized carbons (Fsp3) is 0.925. The number of aliphatic hydroxyl groups excluding tert-OH is 1. The molecule has 0 aromatic heterocycles. The molecular weight excluding hydrogens is 604 g/mol. The van der Waals surface area contributed by atoms with Gasteiger partial charge in [0.1, 0.15) is 25.9 Å². The molecule has 8 nitrogen and oxygen atoms in total. The van der Waals surface area contributed by atoms with Gasteiger partial charge in [-0.3, -0.25) is 14.4 Å². The van der Waals surface area contributed by atoms with Gasteiger partial charge in [0.05, 0.1) is 26.7 Å². The van der Waals surface area contributed by atoms with Gasteiger partial charge >= 0.3 is 11.9 Å². The zero-order valence-electron chi connectivity index (χ0n) is 31.8. The summed E-state index contributed by atoms with van der Waals surface area (Å²) in [5, 5.41) is 10.2. The molecule has 1 unspecified atom stereocenters. The fourth-order valence-corrected chi connectivity index (χ4v) is 6.88. The van der Waals surface area contributed by atoms with Crippen molar-refractivity contribution in [3.63, 3.8) is 0 Å². The van der Waals surface area contributed by atoms with Gasteiger partial charge in [-0.25, -0.2) is 0 Å². The monoisotopic (exact) mass is 682 g/mol. The quantitative estimate of drug-likeness (QED) is 0.0433. The van der Waals surface area contributed by atoms with E-state index < -0.39 is 6.10 Å². The molecule has 2 atom stereocenters. The van der Waals surface area contributed by atoms with Crippen molar-refractivity contribution < 1.29 is 33.4 Å². The lowest BCUT2D eigenvalue weighted by atomic mass is 10.1. The number of unbranched alkanes of at least 4 members (excludes halogenated alkanes) is 20. The summed E-state index contributed by atoms with van der Waals surface area (Å²) in [6.45, 7) is 7.01. The van der Waals surface area contributed by atoms with Crippen molar-refractivity contribution in [3.8, 4) is 0 Å². The molecule has 0 aliphatic carbocycles. The first-order valence-corrected chi connectivity index (χ1v) is 20.4. The normalized spacial score (nSPS) is 17.7. The third-order valence-corrected chi connectivity index (χ3v) is 9.97. The minimum Gasteiger partial charge on any atom is -0.464 e. The Balaban J connectivity index is 2.31. The number of piperidine rings is 1. The van der Waals surface area contributed by atoms with Crippen molar-refractivity contribution in [2.75, 3.05) is 53.0 Å². The van der Waals surface area contributed by atoms with Crippen LogP contribution in [0.25, 0.3) is 0 Å². The highest BCUT2D eigenvalue weighted by atomic mass is 16.5. The van der Waals surface area contributed by atoms with Crippen LogP contribution in [0.5, 0.6) is 0 Å². The number of rotatable bonds is 32. The second-order valence-corrected chi connectivity index (χ2v) is 14.9. The van der Waals surface area contributed by atoms with Gasteiger partial charge < -0.3 is 24.0 Å². The second kappa shape index (κ2) is 30.2. The molecule has 0 saturated carbocycles. The molecule has 0 aromatic rings. The Hall–Kier alpha value is -1.67. The number of carbonyl (C=O) groups excluding carboxylic acids is 3. The Bertz CT molecular complexity index is 765. The standard InChI is InChI=1S/C40H77N2O6/c1-4-6-8-10-12-14-16-18-20-22-24-28-39(45)47-33-30-41(38(44)36-42(3)32-26-27-37(43)35-42)31-34-48-40(46)29-25-23-21-19-17-15-13-11-9-7-5-2/h37,43H,4-36H2,1-3H3/q+1/t37-,42?/m0/s1. The average Bonchev–Trinajstić information content (AvgIpc) is 3.05. The molecule has 1 heterocycles. The van der Waals surface area contributed by atoms with Crippen molar-refractivity contribution in [1.29, 1.82) is 0 Å². The molecule has 1 aliphatic heterocycles. The van der Waals surface area contributed by atoms with Crippen LogP contribution in [0.3, 0.4) is 0 Å². The molecule has 0 radical (unpaired) electrons. The average molecular weight is 682 g/mol. The van der Waals surface area contributed by atoms with E-state index in [9.17, 15) is 19.5 Å². The Labute approximate surface area is 295 Å². The molecule has 1 N–H and O–H groups in total. The Morgan fingerprint density at radius 3 is 1.38 bits per heavy atom. The lowest BCUT2D eigenvalue weighted by Gasteiger charge is -2.40. The van der Waals surface area contributed by atoms with Crippen LogP contribution in [0.1, 0.15) is 181 Å². The molecule has 8 heteroatoms. The fourth-order valence-electron chi connectivity index (χ4n) is 6.88. The number of aliphatic hydroxyl groups is 1. The number of nitrogens with zero attached hydrogens (tertiary/aromatic N) is 2. The van der Waals surface area contributed by atoms with Crippen molar-refractivity contribution in [3.05, 3.63) is 0 Å². The first kappa shape index (κ1) is 44.4. The van der Waals surface area contributed by atoms with Gasteiger partial charge in [-0.2, -0.15) is 0 Å². The number of esters is 2. The van der Waals surface area contributed by atoms with Gasteiger partial charge in [0.2, 0.25) is 0 Å². The number of carbonyl (C=O) groups is 3. The summed E-state index contributed by atoms with van der Waals surface area (Å²) in [6.07, 6.45) is 29.3. The van der Waals surface area contributed by atoms with E-state index in [0.29, 0.717) is 23.9 Å². The van der Waals surface area contributed by atoms with Gasteiger partial charge in [-0.15, -0.1) is 0 Å². The summed E-state index contributed by atoms with van der Waals surface area (Å²) in [5.74, 6) is -0.487. The molecule has 1 amide bonds. The first-order chi connectivity index (χ1) is 23.3. The SMILES string of the molecule is CCCCCCCCCCCCCC(=O)OCCN(CCOC(=O)CCCCCCCCCCCCC)C(=O)C[N+]1(C)CCC[C@H](O)C1. The Morgan fingerprint density at radius 2 is 1.00 bits per heavy atom. The van der Waals surface area contributed by atoms with Crippen LogP contribution in [-0.4, -0.2) is 91.4 Å². The summed E-state index contributed by atoms with van der Waals surface area (Å²) in [7, 11) is 2.01. The van der Waals surface area contributed by atoms with Crippen molar-refractivity contribution in [2.24, 2.45) is 0 Å². The third-order valence-electron chi connectivity index (χ3n) is 9.97. The van der Waals surface area contributed by atoms with Gasteiger partial charge in [0.15, 0.2) is 6.54 Å². The molecule has 282 valence electrons. The van der Waals surface area contributed by atoms with Crippen LogP contribution in [0.4, 0.5) is 0 Å². The maximum absolute atomic E-state index is 13.4. The number of quaternary nitrogens is 1. The van der Waals surface area contributed by atoms with E-state index in [-0.39, 0.29) is 50.7 Å². The molecule has 0 aromatic carbocycles. The molecular formula is C40H77N2O6+. The van der Waals surface area contributed by atoms with E-state index in [2.05, 4.69) is 13.8 Å². The number of hydrogen-bond acceptors (Lipinski definition) is 6. The van der Waals surface area contributed by atoms with Crippen molar-refractivity contribution in [2.45, 2.75) is 187 Å². The van der Waals surface area contributed by atoms with E-state index in [1.165, 1.54) is 103 Å². The van der Waals surface area contributed by atoms with Gasteiger partial charge in [-0.05, 0) is 25.7 Å². The van der Waals surface area contributed by atoms with E-state index in [4.69, 9.17) is 9.47 Å². The van der Waals surface area contributed by atoms with E-state index in [0.717, 1.165) is 57.9 Å². The van der Waals surface area contributed by atoms with Crippen LogP contribution in [0.2, 0.25) is 0 Å². The Kier molecular flexibility index (Phi) is 27.9. The molecule has 1 fully saturated rings. The summed E-state index contributed by atoms with van der Waals surface area (Å²) in [6, 6.07) is 0. The molecule has 1 saturated heterocycles. The highest BCUT2D eigenvalue weighted by molar-refractivity contribution is 5.77. The molecule has 1 aliphatic rings. The van der Waals surface area contributed by atoms with Crippen LogP contribution in [0, 0.1) is 0 Å². The highest BCUT2D eigenvalue weighted by Gasteiger charge is 2.34. The van der Waals surface area contributed by atoms with Gasteiger partial charge in [0, 0.05) is 12.8 Å². The smallest absolute Gasteiger partial charge is 0.305 e. The van der Waals surface area contributed by atoms with Crippen molar-refractivity contribution in [1.82, 2.24) is 4.90 Å². The second-order valence-electron chi connectivity index (χ2n) is 14.9. The minimum absolute atomic E-state index is 0.0607. The van der Waals surface area contributed by atoms with E-state index >= 15 is 0 Å². The van der Waals surface area contributed by atoms with Crippen LogP contribution in [0.15, 0.2) is 0 Å². The van der Waals surface area contributed by atoms with Gasteiger partial charge in [0.25, 0.3) is 5.91 Å². The lowest BCUT2D eigenvalue weighted by Crippen LogP contribution is -2.57. The Morgan fingerprint density at radius 1 is 0.625 bits per heavy atom. The first-order valence-electron chi connectivity index (χ1n) is 20.4. The molecule has 0 bridgehead atoms. The van der Waals surface area contributed by atoms with Crippen LogP contribution < -0.4 is 0 Å². The van der Waals surface area contributed by atoms with Gasteiger partial charge in [-0.1, -0.05) is 142 Å². The third kappa shape index (κ3) is 25.3. The summed E-state index contributed by atoms with van der Waals surface area (Å²) in [5.41, 5.74) is 0. The van der Waals surface area contributed by atoms with E-state index in [1.807, 2.05) is 7.05 Å². The van der Waals surface area contributed by atoms with E-state index in [1.54, 1.807) is 4.90 Å². The molecule has 48 heavy (non-hydrogen) atoms. The maximum atomic E-state index is 13.4. The summed E-state index contributed by atoms with van der Waals surface area (Å²) >= 11 is 0. The predicted molar refractivity (Wildman–Crippen MR) is 197 cm³/mol. The zero-order valence-corrected chi connectivity index (χ0v) is 31.8. The number of hydrogen-bond donors (Lipinski definition) is 1. The highest BCUT2D eigenvalue weighted by Crippen LogP contribution is 2.18. The summed E-state index contributed by atoms with van der Waals surface area (Å²) < 4.78 is 11.5. The molecule has 1 rings (SSSR count). The summed E-state index contributed by atoms with van der Waals surface area (Å²) in [4.78, 5) is 39.8. The van der Waals surface area contributed by atoms with Crippen LogP contribution >= 0.6 is 0 Å². The minimum atomic E-state index is -0.391. The maximum Gasteiger partial charge on any atom is 0.305 e. The largest absolute Gasteiger partial charge is 0.464 e. The predicted octanol–water partition coefficient (Wildman–Crippen LogP) is 8.90. The number of amides is 1. The number of likely N-dealkylation sites (tertiary alicyclic amines) is 1. The molecule has 0 spiro atoms. The number of ether oxygens (including phenoxy) is 2. The topological polar surface area (TPSA) is 93.1 Å². The van der Waals surface area contributed by atoms with Crippen LogP contribution in [-0.2, 0) is 23.9 Å². The number of likely N-dealkylation sites (N-methyl/N-ethyl adjacent to an activating group) is 1. The van der Waals surface area contributed by atoms with Crippen molar-refractivity contribution >= 4 is 17.8 Å². The zero-order chi connectivity index (χ0) is 35.1. The lowest BCUT2D eigenvalue weighted by molar-refractivity contribution is -0.910.